The van der Waals surface area contributed by atoms with Crippen LogP contribution >= 0.6 is 0 Å². The highest BCUT2D eigenvalue weighted by Gasteiger charge is 2.58. The van der Waals surface area contributed by atoms with Crippen LogP contribution in [0.5, 0.6) is 5.75 Å². The van der Waals surface area contributed by atoms with Crippen molar-refractivity contribution < 1.29 is 19.8 Å². The van der Waals surface area contributed by atoms with Gasteiger partial charge in [-0.1, -0.05) is 13.0 Å². The number of hydrogen-bond donors (Lipinski definition) is 2. The molecule has 0 amide bonds. The number of aryl methyl sites for hydroxylation is 1. The Kier molecular flexibility index (Phi) is 4.32. The van der Waals surface area contributed by atoms with Gasteiger partial charge in [0.05, 0.1) is 0 Å². The van der Waals surface area contributed by atoms with E-state index in [4.69, 9.17) is 5.11 Å². The van der Waals surface area contributed by atoms with Crippen LogP contribution in [0.1, 0.15) is 68.9 Å². The summed E-state index contributed by atoms with van der Waals surface area (Å²) < 4.78 is 0. The standard InChI is InChI=1S/C22H28O4/c1-22-10-9-17-16-8-6-15(23)11-13(16)5-7-18(17)21(22)14(12-19(22)24)3-2-4-20(25)26/h6,8,11,14,17-18,21,23H,2-5,7,9-10,12H2,1H3,(H,25,26)/t14-,17?,18?,21?,22+/m0/s1. The summed E-state index contributed by atoms with van der Waals surface area (Å²) in [7, 11) is 0. The number of fused-ring (bicyclic) bond motifs is 5. The quantitative estimate of drug-likeness (QED) is 0.843. The molecule has 140 valence electrons. The topological polar surface area (TPSA) is 74.6 Å². The van der Waals surface area contributed by atoms with Crippen LogP contribution in [-0.2, 0) is 16.0 Å². The molecule has 0 aliphatic heterocycles. The first-order valence-corrected chi connectivity index (χ1v) is 9.97. The van der Waals surface area contributed by atoms with Crippen LogP contribution in [0, 0.1) is 23.2 Å². The smallest absolute Gasteiger partial charge is 0.303 e. The highest BCUT2D eigenvalue weighted by atomic mass is 16.4. The minimum Gasteiger partial charge on any atom is -0.508 e. The third kappa shape index (κ3) is 2.74. The van der Waals surface area contributed by atoms with Gasteiger partial charge in [-0.3, -0.25) is 9.59 Å². The second kappa shape index (κ2) is 6.40. The summed E-state index contributed by atoms with van der Waals surface area (Å²) in [5, 5.41) is 18.8. The number of Topliss-reactive ketones (excluding diaryl/α,β-unsaturated/α-hetero) is 1. The number of carboxylic acids is 1. The monoisotopic (exact) mass is 356 g/mol. The first-order chi connectivity index (χ1) is 12.4. The number of phenols is 1. The zero-order chi connectivity index (χ0) is 18.5. The van der Waals surface area contributed by atoms with E-state index in [0.29, 0.717) is 48.0 Å². The molecule has 3 aliphatic rings. The van der Waals surface area contributed by atoms with Gasteiger partial charge in [-0.2, -0.15) is 0 Å². The number of carboxylic acid groups (broad SMARTS) is 1. The minimum absolute atomic E-state index is 0.199. The summed E-state index contributed by atoms with van der Waals surface area (Å²) in [4.78, 5) is 23.7. The highest BCUT2D eigenvalue weighted by molar-refractivity contribution is 5.87. The molecule has 2 fully saturated rings. The fourth-order valence-corrected chi connectivity index (χ4v) is 6.41. The number of carbonyl (C=O) groups is 2. The fourth-order valence-electron chi connectivity index (χ4n) is 6.41. The van der Waals surface area contributed by atoms with E-state index in [1.54, 1.807) is 6.07 Å². The molecular weight excluding hydrogens is 328 g/mol. The molecule has 0 saturated heterocycles. The molecule has 3 aliphatic carbocycles. The van der Waals surface area contributed by atoms with Gasteiger partial charge in [0.15, 0.2) is 0 Å². The second-order valence-electron chi connectivity index (χ2n) is 8.85. The average Bonchev–Trinajstić information content (AvgIpc) is 2.85. The number of aromatic hydroxyl groups is 1. The molecule has 5 atom stereocenters. The molecule has 0 bridgehead atoms. The predicted octanol–water partition coefficient (Wildman–Crippen LogP) is 4.30. The van der Waals surface area contributed by atoms with Crippen LogP contribution in [0.15, 0.2) is 18.2 Å². The summed E-state index contributed by atoms with van der Waals surface area (Å²) in [6.45, 7) is 2.17. The molecule has 26 heavy (non-hydrogen) atoms. The van der Waals surface area contributed by atoms with Gasteiger partial charge in [-0.05, 0) is 85.5 Å². The maximum Gasteiger partial charge on any atom is 0.303 e. The van der Waals surface area contributed by atoms with E-state index in [1.807, 2.05) is 6.07 Å². The van der Waals surface area contributed by atoms with Crippen LogP contribution in [0.2, 0.25) is 0 Å². The zero-order valence-corrected chi connectivity index (χ0v) is 15.4. The Labute approximate surface area is 154 Å². The third-order valence-corrected chi connectivity index (χ3v) is 7.52. The van der Waals surface area contributed by atoms with E-state index in [9.17, 15) is 14.7 Å². The van der Waals surface area contributed by atoms with Gasteiger partial charge in [0, 0.05) is 18.3 Å². The molecule has 0 radical (unpaired) electrons. The Hall–Kier alpha value is -1.84. The largest absolute Gasteiger partial charge is 0.508 e. The van der Waals surface area contributed by atoms with Gasteiger partial charge >= 0.3 is 5.97 Å². The van der Waals surface area contributed by atoms with E-state index >= 15 is 0 Å². The Morgan fingerprint density at radius 1 is 1.31 bits per heavy atom. The van der Waals surface area contributed by atoms with Gasteiger partial charge in [0.25, 0.3) is 0 Å². The molecule has 2 N–H and O–H groups in total. The van der Waals surface area contributed by atoms with Crippen molar-refractivity contribution in [3.63, 3.8) is 0 Å². The number of aliphatic carboxylic acids is 1. The molecular formula is C22H28O4. The van der Waals surface area contributed by atoms with Crippen molar-refractivity contribution in [1.82, 2.24) is 0 Å². The Morgan fingerprint density at radius 3 is 2.88 bits per heavy atom. The van der Waals surface area contributed by atoms with Crippen LogP contribution in [-0.4, -0.2) is 22.0 Å². The first kappa shape index (κ1) is 17.6. The summed E-state index contributed by atoms with van der Waals surface area (Å²) in [6, 6.07) is 5.78. The second-order valence-corrected chi connectivity index (χ2v) is 8.85. The summed E-state index contributed by atoms with van der Waals surface area (Å²) in [5.74, 6) is 1.69. The predicted molar refractivity (Wildman–Crippen MR) is 98.1 cm³/mol. The third-order valence-electron chi connectivity index (χ3n) is 7.52. The van der Waals surface area contributed by atoms with Gasteiger partial charge in [-0.15, -0.1) is 0 Å². The van der Waals surface area contributed by atoms with E-state index in [1.165, 1.54) is 11.1 Å². The highest BCUT2D eigenvalue weighted by Crippen LogP contribution is 2.62. The summed E-state index contributed by atoms with van der Waals surface area (Å²) in [5.41, 5.74) is 2.41. The number of benzene rings is 1. The zero-order valence-electron chi connectivity index (χ0n) is 15.4. The number of hydrogen-bond acceptors (Lipinski definition) is 3. The fraction of sp³-hybridized carbons (Fsp3) is 0.636. The van der Waals surface area contributed by atoms with Crippen molar-refractivity contribution in [3.05, 3.63) is 29.3 Å². The van der Waals surface area contributed by atoms with Crippen LogP contribution in [0.3, 0.4) is 0 Å². The van der Waals surface area contributed by atoms with Gasteiger partial charge in [0.1, 0.15) is 11.5 Å². The Balaban J connectivity index is 1.61. The number of ketones is 1. The molecule has 0 aromatic heterocycles. The molecule has 0 heterocycles. The van der Waals surface area contributed by atoms with Crippen LogP contribution in [0.25, 0.3) is 0 Å². The molecule has 3 unspecified atom stereocenters. The average molecular weight is 356 g/mol. The molecule has 1 aromatic rings. The lowest BCUT2D eigenvalue weighted by molar-refractivity contribution is -0.137. The SMILES string of the molecule is C[C@]12CCC3c4ccc(O)cc4CCC3C1[C@@H](CCCC(=O)O)CC2=O. The van der Waals surface area contributed by atoms with E-state index in [-0.39, 0.29) is 11.8 Å². The number of carbonyl (C=O) groups excluding carboxylic acids is 1. The lowest BCUT2D eigenvalue weighted by Gasteiger charge is -2.50. The normalized spacial score (nSPS) is 35.5. The first-order valence-electron chi connectivity index (χ1n) is 9.97. The van der Waals surface area contributed by atoms with Crippen molar-refractivity contribution in [2.75, 3.05) is 0 Å². The maximum absolute atomic E-state index is 12.9. The lowest BCUT2D eigenvalue weighted by Crippen LogP contribution is -2.44. The van der Waals surface area contributed by atoms with Crippen molar-refractivity contribution in [1.29, 1.82) is 0 Å². The minimum atomic E-state index is -0.745. The number of rotatable bonds is 4. The van der Waals surface area contributed by atoms with Crippen molar-refractivity contribution in [2.24, 2.45) is 23.2 Å². The number of phenolic OH excluding ortho intramolecular Hbond substituents is 1. The van der Waals surface area contributed by atoms with Gasteiger partial charge in [-0.25, -0.2) is 0 Å². The van der Waals surface area contributed by atoms with Gasteiger partial charge in [0.2, 0.25) is 0 Å². The van der Waals surface area contributed by atoms with E-state index < -0.39 is 5.97 Å². The molecule has 4 heteroatoms. The van der Waals surface area contributed by atoms with Crippen molar-refractivity contribution in [2.45, 2.75) is 64.2 Å². The van der Waals surface area contributed by atoms with Crippen molar-refractivity contribution >= 4 is 11.8 Å². The van der Waals surface area contributed by atoms with Gasteiger partial charge < -0.3 is 10.2 Å². The Bertz CT molecular complexity index is 740. The summed E-state index contributed by atoms with van der Waals surface area (Å²) in [6.07, 6.45) is 6.37. The van der Waals surface area contributed by atoms with Crippen LogP contribution < -0.4 is 0 Å². The molecule has 0 spiro atoms. The molecule has 4 rings (SSSR count). The molecule has 1 aromatic carbocycles. The summed E-state index contributed by atoms with van der Waals surface area (Å²) >= 11 is 0. The molecule has 2 saturated carbocycles. The van der Waals surface area contributed by atoms with E-state index in [0.717, 1.165) is 32.1 Å². The molecule has 4 nitrogen and oxygen atoms in total. The lowest BCUT2D eigenvalue weighted by atomic mass is 9.54. The van der Waals surface area contributed by atoms with E-state index in [2.05, 4.69) is 13.0 Å². The Morgan fingerprint density at radius 2 is 2.12 bits per heavy atom. The maximum atomic E-state index is 12.9. The van der Waals surface area contributed by atoms with Crippen LogP contribution in [0.4, 0.5) is 0 Å². The van der Waals surface area contributed by atoms with Crippen molar-refractivity contribution in [3.8, 4) is 5.75 Å².